The lowest BCUT2D eigenvalue weighted by Crippen LogP contribution is -2.49. The maximum absolute atomic E-state index is 13.5. The summed E-state index contributed by atoms with van der Waals surface area (Å²) in [5, 5.41) is 2.72. The van der Waals surface area contributed by atoms with Crippen LogP contribution >= 0.6 is 0 Å². The molecule has 200 valence electrons. The molecule has 3 heterocycles. The molecule has 0 spiro atoms. The Labute approximate surface area is 215 Å². The molecular formula is C24H22F4N6O3S. The van der Waals surface area contributed by atoms with Crippen LogP contribution in [-0.4, -0.2) is 50.6 Å². The summed E-state index contributed by atoms with van der Waals surface area (Å²) in [6, 6.07) is 4.73. The van der Waals surface area contributed by atoms with Crippen molar-refractivity contribution in [3.8, 4) is 11.3 Å². The quantitative estimate of drug-likeness (QED) is 0.449. The molecule has 2 aliphatic rings. The van der Waals surface area contributed by atoms with Gasteiger partial charge < -0.3 is 5.32 Å². The van der Waals surface area contributed by atoms with Gasteiger partial charge in [-0.2, -0.15) is 17.5 Å². The number of nitrogens with one attached hydrogen (secondary N) is 1. The van der Waals surface area contributed by atoms with Crippen LogP contribution < -0.4 is 5.32 Å². The highest BCUT2D eigenvalue weighted by Crippen LogP contribution is 2.44. The molecule has 1 amide bonds. The van der Waals surface area contributed by atoms with E-state index in [1.165, 1.54) is 28.8 Å². The number of sulfonamides is 1. The lowest BCUT2D eigenvalue weighted by atomic mass is 10.1. The number of amides is 1. The number of nitrogens with zero attached hydrogens (tertiary/aromatic N) is 5. The first-order valence-corrected chi connectivity index (χ1v) is 13.3. The second-order valence-corrected chi connectivity index (χ2v) is 11.0. The molecule has 3 aromatic rings. The van der Waals surface area contributed by atoms with Gasteiger partial charge in [-0.1, -0.05) is 0 Å². The predicted octanol–water partition coefficient (Wildman–Crippen LogP) is 3.34. The van der Waals surface area contributed by atoms with E-state index in [1.54, 1.807) is 0 Å². The Hall–Kier alpha value is -3.52. The maximum Gasteiger partial charge on any atom is 0.451 e. The molecule has 1 saturated carbocycles. The van der Waals surface area contributed by atoms with Crippen molar-refractivity contribution in [3.63, 3.8) is 0 Å². The van der Waals surface area contributed by atoms with Crippen molar-refractivity contribution in [2.75, 3.05) is 0 Å². The van der Waals surface area contributed by atoms with Crippen LogP contribution in [-0.2, 0) is 27.5 Å². The van der Waals surface area contributed by atoms with Gasteiger partial charge in [-0.3, -0.25) is 4.79 Å². The molecule has 14 heteroatoms. The standard InChI is InChI=1S/C24H22F4N6O3S/c25-16-3-5-18(6-4-16)38(36,37)34-20(14-1-2-14)7-8-21(34)22(35)29-12-17-9-19(33-13-32-17)15-10-30-23(31-11-15)24(26,27)28/h3-6,9-11,13-14,20-21H,1-2,7-8,12H2,(H,29,35)/t20?,21-/m0/s1. The first kappa shape index (κ1) is 26.1. The normalized spacial score (nSPS) is 20.4. The minimum absolute atomic E-state index is 0.0646. The van der Waals surface area contributed by atoms with E-state index >= 15 is 0 Å². The summed E-state index contributed by atoms with van der Waals surface area (Å²) in [5.74, 6) is -2.16. The second kappa shape index (κ2) is 9.98. The van der Waals surface area contributed by atoms with Crippen LogP contribution in [0.2, 0.25) is 0 Å². The van der Waals surface area contributed by atoms with Gasteiger partial charge in [-0.05, 0) is 61.9 Å². The number of benzene rings is 1. The number of aromatic nitrogens is 4. The van der Waals surface area contributed by atoms with E-state index in [4.69, 9.17) is 0 Å². The summed E-state index contributed by atoms with van der Waals surface area (Å²) in [6.45, 7) is -0.0646. The zero-order valence-electron chi connectivity index (χ0n) is 19.8. The Bertz CT molecular complexity index is 1430. The van der Waals surface area contributed by atoms with Gasteiger partial charge in [-0.15, -0.1) is 0 Å². The summed E-state index contributed by atoms with van der Waals surface area (Å²) in [4.78, 5) is 27.9. The molecule has 0 radical (unpaired) electrons. The summed E-state index contributed by atoms with van der Waals surface area (Å²) >= 11 is 0. The van der Waals surface area contributed by atoms with Crippen LogP contribution in [0.15, 0.2) is 53.9 Å². The van der Waals surface area contributed by atoms with Crippen LogP contribution in [0.25, 0.3) is 11.3 Å². The zero-order valence-corrected chi connectivity index (χ0v) is 20.6. The molecule has 0 bridgehead atoms. The Balaban J connectivity index is 1.31. The fourth-order valence-corrected chi connectivity index (χ4v) is 6.51. The third-order valence-corrected chi connectivity index (χ3v) is 8.54. The van der Waals surface area contributed by atoms with Gasteiger partial charge in [-0.25, -0.2) is 32.7 Å². The number of rotatable bonds is 7. The van der Waals surface area contributed by atoms with Gasteiger partial charge in [0.25, 0.3) is 0 Å². The first-order valence-electron chi connectivity index (χ1n) is 11.8. The monoisotopic (exact) mass is 550 g/mol. The average molecular weight is 551 g/mol. The highest BCUT2D eigenvalue weighted by Gasteiger charge is 2.50. The van der Waals surface area contributed by atoms with Crippen LogP contribution in [0.5, 0.6) is 0 Å². The Morgan fingerprint density at radius 1 is 1.00 bits per heavy atom. The van der Waals surface area contributed by atoms with E-state index in [9.17, 15) is 30.8 Å². The van der Waals surface area contributed by atoms with Crippen molar-refractivity contribution < 1.29 is 30.8 Å². The van der Waals surface area contributed by atoms with Gasteiger partial charge >= 0.3 is 6.18 Å². The molecule has 5 rings (SSSR count). The molecule has 1 aliphatic heterocycles. The van der Waals surface area contributed by atoms with Crippen molar-refractivity contribution in [1.29, 1.82) is 0 Å². The lowest BCUT2D eigenvalue weighted by molar-refractivity contribution is -0.145. The van der Waals surface area contributed by atoms with Gasteiger partial charge in [0.15, 0.2) is 0 Å². The van der Waals surface area contributed by atoms with Gasteiger partial charge in [0.05, 0.1) is 22.8 Å². The Morgan fingerprint density at radius 2 is 1.68 bits per heavy atom. The molecule has 1 aromatic carbocycles. The molecule has 1 unspecified atom stereocenters. The smallest absolute Gasteiger partial charge is 0.349 e. The molecule has 9 nitrogen and oxygen atoms in total. The number of carbonyl (C=O) groups excluding carboxylic acids is 1. The molecule has 2 fully saturated rings. The fraction of sp³-hybridized carbons (Fsp3) is 0.375. The molecule has 38 heavy (non-hydrogen) atoms. The summed E-state index contributed by atoms with van der Waals surface area (Å²) < 4.78 is 79.8. The van der Waals surface area contributed by atoms with E-state index in [1.807, 2.05) is 0 Å². The second-order valence-electron chi connectivity index (χ2n) is 9.19. The number of alkyl halides is 3. The van der Waals surface area contributed by atoms with E-state index in [0.29, 0.717) is 18.5 Å². The van der Waals surface area contributed by atoms with Crippen LogP contribution in [0.3, 0.4) is 0 Å². The third kappa shape index (κ3) is 5.36. The summed E-state index contributed by atoms with van der Waals surface area (Å²) in [7, 11) is -4.06. The third-order valence-electron chi connectivity index (χ3n) is 6.60. The maximum atomic E-state index is 13.5. The van der Waals surface area contributed by atoms with Gasteiger partial charge in [0, 0.05) is 24.0 Å². The Kier molecular flexibility index (Phi) is 6.86. The molecular weight excluding hydrogens is 528 g/mol. The number of hydrogen-bond donors (Lipinski definition) is 1. The largest absolute Gasteiger partial charge is 0.451 e. The molecule has 2 aromatic heterocycles. The highest BCUT2D eigenvalue weighted by atomic mass is 32.2. The summed E-state index contributed by atoms with van der Waals surface area (Å²) in [6.07, 6.45) is 1.15. The lowest BCUT2D eigenvalue weighted by Gasteiger charge is -2.29. The zero-order chi connectivity index (χ0) is 27.1. The van der Waals surface area contributed by atoms with Crippen molar-refractivity contribution >= 4 is 15.9 Å². The molecule has 1 N–H and O–H groups in total. The van der Waals surface area contributed by atoms with Crippen molar-refractivity contribution in [2.45, 2.75) is 55.4 Å². The minimum Gasteiger partial charge on any atom is -0.349 e. The van der Waals surface area contributed by atoms with Crippen molar-refractivity contribution in [3.05, 3.63) is 66.4 Å². The van der Waals surface area contributed by atoms with Crippen molar-refractivity contribution in [1.82, 2.24) is 29.6 Å². The fourth-order valence-electron chi connectivity index (χ4n) is 4.61. The van der Waals surface area contributed by atoms with Crippen LogP contribution in [0.1, 0.15) is 37.2 Å². The first-order chi connectivity index (χ1) is 18.0. The van der Waals surface area contributed by atoms with E-state index in [-0.39, 0.29) is 34.7 Å². The highest BCUT2D eigenvalue weighted by molar-refractivity contribution is 7.89. The Morgan fingerprint density at radius 3 is 2.32 bits per heavy atom. The minimum atomic E-state index is -4.67. The van der Waals surface area contributed by atoms with Gasteiger partial charge in [0.1, 0.15) is 18.2 Å². The number of halogens is 4. The van der Waals surface area contributed by atoms with E-state index in [0.717, 1.165) is 37.4 Å². The molecule has 2 atom stereocenters. The average Bonchev–Trinajstić information content (AvgIpc) is 3.64. The van der Waals surface area contributed by atoms with E-state index < -0.39 is 39.8 Å². The van der Waals surface area contributed by atoms with Crippen molar-refractivity contribution in [2.24, 2.45) is 5.92 Å². The topological polar surface area (TPSA) is 118 Å². The molecule has 1 aliphatic carbocycles. The number of hydrogen-bond acceptors (Lipinski definition) is 7. The SMILES string of the molecule is O=C(NCc1cc(-c2cnc(C(F)(F)F)nc2)ncn1)[C@@H]1CCC(C2CC2)N1S(=O)(=O)c1ccc(F)cc1. The molecule has 1 saturated heterocycles. The van der Waals surface area contributed by atoms with Crippen LogP contribution in [0, 0.1) is 11.7 Å². The van der Waals surface area contributed by atoms with Crippen LogP contribution in [0.4, 0.5) is 17.6 Å². The summed E-state index contributed by atoms with van der Waals surface area (Å²) in [5.41, 5.74) is 0.841. The predicted molar refractivity (Wildman–Crippen MR) is 125 cm³/mol. The number of carbonyl (C=O) groups is 1. The van der Waals surface area contributed by atoms with E-state index in [2.05, 4.69) is 25.3 Å². The van der Waals surface area contributed by atoms with Gasteiger partial charge in [0.2, 0.25) is 21.8 Å².